The normalized spacial score (nSPS) is 12.8. The largest absolute Gasteiger partial charge is 0.399 e. The van der Waals surface area contributed by atoms with Crippen LogP contribution < -0.4 is 11.5 Å². The molecule has 0 heterocycles. The van der Waals surface area contributed by atoms with Crippen molar-refractivity contribution in [2.45, 2.75) is 19.6 Å². The van der Waals surface area contributed by atoms with Gasteiger partial charge in [0.1, 0.15) is 0 Å². The van der Waals surface area contributed by atoms with E-state index in [9.17, 15) is 0 Å². The molecular formula is C10H16N2O. The molecule has 3 heteroatoms. The summed E-state index contributed by atoms with van der Waals surface area (Å²) in [6, 6.07) is 7.67. The molecule has 1 atom stereocenters. The van der Waals surface area contributed by atoms with E-state index in [4.69, 9.17) is 16.2 Å². The second-order valence-electron chi connectivity index (χ2n) is 3.10. The third-order valence-corrected chi connectivity index (χ3v) is 1.82. The van der Waals surface area contributed by atoms with Gasteiger partial charge in [-0.2, -0.15) is 0 Å². The molecule has 1 unspecified atom stereocenters. The maximum absolute atomic E-state index is 5.62. The summed E-state index contributed by atoms with van der Waals surface area (Å²) in [5.74, 6) is 0. The molecule has 1 rings (SSSR count). The number of nitrogens with two attached hydrogens (primary N) is 2. The van der Waals surface area contributed by atoms with Crippen molar-refractivity contribution in [3.05, 3.63) is 29.8 Å². The van der Waals surface area contributed by atoms with Crippen molar-refractivity contribution in [3.63, 3.8) is 0 Å². The number of anilines is 1. The number of nitrogen functional groups attached to an aromatic ring is 1. The van der Waals surface area contributed by atoms with Crippen LogP contribution in [0.3, 0.4) is 0 Å². The highest BCUT2D eigenvalue weighted by Gasteiger charge is 1.99. The molecule has 0 spiro atoms. The second kappa shape index (κ2) is 4.84. The molecule has 3 nitrogen and oxygen atoms in total. The van der Waals surface area contributed by atoms with Gasteiger partial charge in [0.15, 0.2) is 0 Å². The van der Waals surface area contributed by atoms with Crippen LogP contribution in [-0.2, 0) is 11.3 Å². The molecule has 0 bridgehead atoms. The van der Waals surface area contributed by atoms with Crippen LogP contribution in [-0.4, -0.2) is 12.6 Å². The molecule has 72 valence electrons. The van der Waals surface area contributed by atoms with Gasteiger partial charge in [0.05, 0.1) is 12.7 Å². The predicted octanol–water partition coefficient (Wildman–Crippen LogP) is 1.13. The van der Waals surface area contributed by atoms with E-state index >= 15 is 0 Å². The van der Waals surface area contributed by atoms with Crippen LogP contribution in [0.2, 0.25) is 0 Å². The fourth-order valence-electron chi connectivity index (χ4n) is 0.989. The van der Waals surface area contributed by atoms with E-state index in [1.54, 1.807) is 0 Å². The first-order valence-corrected chi connectivity index (χ1v) is 4.38. The molecular weight excluding hydrogens is 164 g/mol. The molecule has 0 aliphatic heterocycles. The van der Waals surface area contributed by atoms with Gasteiger partial charge >= 0.3 is 0 Å². The summed E-state index contributed by atoms with van der Waals surface area (Å²) in [5, 5.41) is 0. The van der Waals surface area contributed by atoms with Crippen molar-refractivity contribution in [3.8, 4) is 0 Å². The zero-order chi connectivity index (χ0) is 9.68. The Labute approximate surface area is 78.7 Å². The van der Waals surface area contributed by atoms with Crippen LogP contribution in [0.25, 0.3) is 0 Å². The summed E-state index contributed by atoms with van der Waals surface area (Å²) >= 11 is 0. The van der Waals surface area contributed by atoms with Crippen molar-refractivity contribution in [2.24, 2.45) is 5.73 Å². The van der Waals surface area contributed by atoms with Crippen LogP contribution in [0.4, 0.5) is 5.69 Å². The van der Waals surface area contributed by atoms with Gasteiger partial charge in [-0.25, -0.2) is 0 Å². The van der Waals surface area contributed by atoms with Crippen molar-refractivity contribution < 1.29 is 4.74 Å². The Morgan fingerprint density at radius 1 is 1.46 bits per heavy atom. The zero-order valence-electron chi connectivity index (χ0n) is 7.86. The van der Waals surface area contributed by atoms with Gasteiger partial charge in [-0.3, -0.25) is 0 Å². The minimum Gasteiger partial charge on any atom is -0.399 e. The molecule has 0 saturated heterocycles. The predicted molar refractivity (Wildman–Crippen MR) is 54.2 cm³/mol. The van der Waals surface area contributed by atoms with Gasteiger partial charge in [0.2, 0.25) is 0 Å². The maximum atomic E-state index is 5.62. The molecule has 4 N–H and O–H groups in total. The highest BCUT2D eigenvalue weighted by Crippen LogP contribution is 2.08. The minimum atomic E-state index is 0.0985. The van der Waals surface area contributed by atoms with Crippen LogP contribution in [0.15, 0.2) is 24.3 Å². The highest BCUT2D eigenvalue weighted by atomic mass is 16.5. The Kier molecular flexibility index (Phi) is 3.73. The van der Waals surface area contributed by atoms with Gasteiger partial charge in [-0.05, 0) is 24.6 Å². The van der Waals surface area contributed by atoms with Crippen LogP contribution in [0.1, 0.15) is 12.5 Å². The first-order chi connectivity index (χ1) is 6.22. The first kappa shape index (κ1) is 10.0. The number of ether oxygens (including phenoxy) is 1. The van der Waals surface area contributed by atoms with Crippen molar-refractivity contribution >= 4 is 5.69 Å². The lowest BCUT2D eigenvalue weighted by Crippen LogP contribution is -2.19. The lowest BCUT2D eigenvalue weighted by molar-refractivity contribution is 0.0590. The molecule has 0 aliphatic carbocycles. The highest BCUT2D eigenvalue weighted by molar-refractivity contribution is 5.40. The fourth-order valence-corrected chi connectivity index (χ4v) is 0.989. The SMILES string of the molecule is CC(CN)OCc1cccc(N)c1. The van der Waals surface area contributed by atoms with E-state index in [0.717, 1.165) is 11.3 Å². The smallest absolute Gasteiger partial charge is 0.0721 e. The summed E-state index contributed by atoms with van der Waals surface area (Å²) in [6.45, 7) is 3.07. The van der Waals surface area contributed by atoms with Crippen LogP contribution >= 0.6 is 0 Å². The average molecular weight is 180 g/mol. The summed E-state index contributed by atoms with van der Waals surface area (Å²) in [7, 11) is 0. The number of hydrogen-bond acceptors (Lipinski definition) is 3. The average Bonchev–Trinajstić information content (AvgIpc) is 2.14. The topological polar surface area (TPSA) is 61.3 Å². The first-order valence-electron chi connectivity index (χ1n) is 4.38. The quantitative estimate of drug-likeness (QED) is 0.683. The van der Waals surface area contributed by atoms with E-state index < -0.39 is 0 Å². The van der Waals surface area contributed by atoms with Gasteiger partial charge in [0, 0.05) is 12.2 Å². The minimum absolute atomic E-state index is 0.0985. The summed E-state index contributed by atoms with van der Waals surface area (Å²) in [6.07, 6.45) is 0.0985. The Balaban J connectivity index is 2.45. The number of benzene rings is 1. The van der Waals surface area contributed by atoms with Gasteiger partial charge in [-0.15, -0.1) is 0 Å². The molecule has 0 amide bonds. The molecule has 0 aromatic heterocycles. The van der Waals surface area contributed by atoms with Crippen LogP contribution in [0, 0.1) is 0 Å². The maximum Gasteiger partial charge on any atom is 0.0721 e. The Bertz CT molecular complexity index is 263. The fraction of sp³-hybridized carbons (Fsp3) is 0.400. The molecule has 0 fully saturated rings. The lowest BCUT2D eigenvalue weighted by atomic mass is 10.2. The molecule has 13 heavy (non-hydrogen) atoms. The van der Waals surface area contributed by atoms with Crippen LogP contribution in [0.5, 0.6) is 0 Å². The summed E-state index contributed by atoms with van der Waals surface area (Å²) < 4.78 is 5.45. The molecule has 1 aromatic rings. The van der Waals surface area contributed by atoms with E-state index in [-0.39, 0.29) is 6.10 Å². The molecule has 1 aromatic carbocycles. The molecule has 0 aliphatic rings. The number of hydrogen-bond donors (Lipinski definition) is 2. The third-order valence-electron chi connectivity index (χ3n) is 1.82. The van der Waals surface area contributed by atoms with Gasteiger partial charge < -0.3 is 16.2 Å². The van der Waals surface area contributed by atoms with Crippen molar-refractivity contribution in [1.82, 2.24) is 0 Å². The molecule has 0 radical (unpaired) electrons. The zero-order valence-corrected chi connectivity index (χ0v) is 7.86. The number of rotatable bonds is 4. The lowest BCUT2D eigenvalue weighted by Gasteiger charge is -2.10. The van der Waals surface area contributed by atoms with E-state index in [1.807, 2.05) is 31.2 Å². The van der Waals surface area contributed by atoms with E-state index in [1.165, 1.54) is 0 Å². The van der Waals surface area contributed by atoms with Gasteiger partial charge in [0.25, 0.3) is 0 Å². The standard InChI is InChI=1S/C10H16N2O/c1-8(6-11)13-7-9-3-2-4-10(12)5-9/h2-5,8H,6-7,11-12H2,1H3. The monoisotopic (exact) mass is 180 g/mol. The Hall–Kier alpha value is -1.06. The molecule has 0 saturated carbocycles. The van der Waals surface area contributed by atoms with E-state index in [0.29, 0.717) is 13.2 Å². The third kappa shape index (κ3) is 3.44. The van der Waals surface area contributed by atoms with E-state index in [2.05, 4.69) is 0 Å². The van der Waals surface area contributed by atoms with Gasteiger partial charge in [-0.1, -0.05) is 12.1 Å². The van der Waals surface area contributed by atoms with Crippen molar-refractivity contribution in [2.75, 3.05) is 12.3 Å². The Morgan fingerprint density at radius 2 is 2.23 bits per heavy atom. The van der Waals surface area contributed by atoms with Crippen molar-refractivity contribution in [1.29, 1.82) is 0 Å². The summed E-state index contributed by atoms with van der Waals surface area (Å²) in [5.41, 5.74) is 12.9. The Morgan fingerprint density at radius 3 is 2.85 bits per heavy atom. The summed E-state index contributed by atoms with van der Waals surface area (Å²) in [4.78, 5) is 0. The second-order valence-corrected chi connectivity index (χ2v) is 3.10.